The number of rotatable bonds is 5. The first-order valence-corrected chi connectivity index (χ1v) is 12.2. The quantitative estimate of drug-likeness (QED) is 0.489. The van der Waals surface area contributed by atoms with Crippen molar-refractivity contribution in [3.63, 3.8) is 0 Å². The van der Waals surface area contributed by atoms with Crippen LogP contribution in [-0.2, 0) is 19.7 Å². The minimum atomic E-state index is -1.02. The molecule has 2 aliphatic carbocycles. The number of carbonyl (C=O) groups is 1. The summed E-state index contributed by atoms with van der Waals surface area (Å²) in [5.41, 5.74) is 1.82. The van der Waals surface area contributed by atoms with E-state index in [4.69, 9.17) is 11.6 Å². The number of aliphatic hydroxyl groups is 2. The summed E-state index contributed by atoms with van der Waals surface area (Å²) in [4.78, 5) is 17.7. The number of benzene rings is 1. The normalized spacial score (nSPS) is 26.7. The van der Waals surface area contributed by atoms with Gasteiger partial charge in [-0.3, -0.25) is 9.48 Å². The second-order valence-electron chi connectivity index (χ2n) is 10.1. The highest BCUT2D eigenvalue weighted by Gasteiger charge is 2.51. The first-order chi connectivity index (χ1) is 16.6. The van der Waals surface area contributed by atoms with Crippen LogP contribution in [0.2, 0.25) is 5.02 Å². The Labute approximate surface area is 207 Å². The number of nitrogens with zero attached hydrogens (tertiary/aromatic N) is 4. The zero-order valence-electron chi connectivity index (χ0n) is 19.9. The Morgan fingerprint density at radius 3 is 2.60 bits per heavy atom. The summed E-state index contributed by atoms with van der Waals surface area (Å²) in [6.45, 7) is 1.66. The number of carbonyl (C=O) groups excluding carboxylic acids is 1. The SMILES string of the molecule is CC(O)c1nn(C)cc1C1(O)CC2CC(c3ncn(C)c3C(=O)Nc3ccc(F)c(Cl)c3)CC2C1. The lowest BCUT2D eigenvalue weighted by Crippen LogP contribution is -2.25. The van der Waals surface area contributed by atoms with Crippen LogP contribution in [0.25, 0.3) is 0 Å². The molecule has 1 amide bonds. The Morgan fingerprint density at radius 2 is 1.97 bits per heavy atom. The molecule has 2 aromatic heterocycles. The maximum atomic E-state index is 13.5. The van der Waals surface area contributed by atoms with E-state index < -0.39 is 17.5 Å². The van der Waals surface area contributed by atoms with Crippen LogP contribution < -0.4 is 5.32 Å². The molecule has 0 spiro atoms. The highest BCUT2D eigenvalue weighted by atomic mass is 35.5. The molecule has 1 aromatic carbocycles. The molecule has 0 radical (unpaired) electrons. The first-order valence-electron chi connectivity index (χ1n) is 11.8. The van der Waals surface area contributed by atoms with Crippen LogP contribution in [0.3, 0.4) is 0 Å². The molecule has 186 valence electrons. The number of fused-ring (bicyclic) bond motifs is 1. The maximum absolute atomic E-state index is 13.5. The summed E-state index contributed by atoms with van der Waals surface area (Å²) >= 11 is 5.86. The third-order valence-electron chi connectivity index (χ3n) is 7.54. The Morgan fingerprint density at radius 1 is 1.29 bits per heavy atom. The van der Waals surface area contributed by atoms with E-state index in [0.29, 0.717) is 35.5 Å². The fourth-order valence-electron chi connectivity index (χ4n) is 6.07. The molecule has 0 aliphatic heterocycles. The number of halogens is 2. The van der Waals surface area contributed by atoms with E-state index in [1.54, 1.807) is 36.6 Å². The molecule has 2 saturated carbocycles. The van der Waals surface area contributed by atoms with E-state index in [2.05, 4.69) is 15.4 Å². The van der Waals surface area contributed by atoms with Gasteiger partial charge in [-0.2, -0.15) is 5.10 Å². The predicted molar refractivity (Wildman–Crippen MR) is 128 cm³/mol. The fraction of sp³-hybridized carbons (Fsp3) is 0.480. The van der Waals surface area contributed by atoms with Crippen molar-refractivity contribution in [1.82, 2.24) is 19.3 Å². The highest BCUT2D eigenvalue weighted by Crippen LogP contribution is 2.57. The number of amides is 1. The molecule has 2 fully saturated rings. The van der Waals surface area contributed by atoms with Crippen LogP contribution in [-0.4, -0.2) is 35.5 Å². The van der Waals surface area contributed by atoms with Crippen molar-refractivity contribution >= 4 is 23.2 Å². The van der Waals surface area contributed by atoms with Gasteiger partial charge in [0.25, 0.3) is 5.91 Å². The van der Waals surface area contributed by atoms with E-state index >= 15 is 0 Å². The molecule has 5 rings (SSSR count). The van der Waals surface area contributed by atoms with Crippen LogP contribution in [0.5, 0.6) is 0 Å². The fourth-order valence-corrected chi connectivity index (χ4v) is 6.25. The van der Waals surface area contributed by atoms with Gasteiger partial charge in [0.2, 0.25) is 0 Å². The van der Waals surface area contributed by atoms with E-state index in [0.717, 1.165) is 18.5 Å². The van der Waals surface area contributed by atoms with Gasteiger partial charge in [-0.25, -0.2) is 9.37 Å². The second kappa shape index (κ2) is 8.72. The molecule has 3 unspecified atom stereocenters. The highest BCUT2D eigenvalue weighted by molar-refractivity contribution is 6.31. The maximum Gasteiger partial charge on any atom is 0.274 e. The Bertz CT molecular complexity index is 1270. The van der Waals surface area contributed by atoms with Gasteiger partial charge in [0.15, 0.2) is 0 Å². The summed E-state index contributed by atoms with van der Waals surface area (Å²) in [5, 5.41) is 28.8. The number of aromatic nitrogens is 4. The van der Waals surface area contributed by atoms with Crippen molar-refractivity contribution in [3.05, 3.63) is 64.2 Å². The molecule has 2 aliphatic rings. The summed E-state index contributed by atoms with van der Waals surface area (Å²) in [7, 11) is 3.57. The number of hydrogen-bond acceptors (Lipinski definition) is 5. The van der Waals surface area contributed by atoms with Crippen molar-refractivity contribution in [2.24, 2.45) is 25.9 Å². The van der Waals surface area contributed by atoms with Crippen LogP contribution >= 0.6 is 11.6 Å². The van der Waals surface area contributed by atoms with Gasteiger partial charge in [-0.15, -0.1) is 0 Å². The lowest BCUT2D eigenvalue weighted by atomic mass is 9.86. The zero-order chi connectivity index (χ0) is 25.1. The van der Waals surface area contributed by atoms with Crippen molar-refractivity contribution in [2.45, 2.75) is 50.2 Å². The number of aryl methyl sites for hydroxylation is 2. The minimum absolute atomic E-state index is 0.0588. The summed E-state index contributed by atoms with van der Waals surface area (Å²) in [5.74, 6) is -0.219. The lowest BCUT2D eigenvalue weighted by Gasteiger charge is -2.25. The molecule has 10 heteroatoms. The van der Waals surface area contributed by atoms with Crippen LogP contribution in [0.1, 0.15) is 72.1 Å². The summed E-state index contributed by atoms with van der Waals surface area (Å²) in [6, 6.07) is 4.06. The first kappa shape index (κ1) is 24.0. The number of imidazole rings is 1. The van der Waals surface area contributed by atoms with E-state index in [1.807, 2.05) is 6.20 Å². The summed E-state index contributed by atoms with van der Waals surface area (Å²) in [6.07, 6.45) is 5.49. The molecular formula is C25H29ClFN5O3. The smallest absolute Gasteiger partial charge is 0.274 e. The Hall–Kier alpha value is -2.75. The number of aliphatic hydroxyl groups excluding tert-OH is 1. The Balaban J connectivity index is 1.33. The molecule has 35 heavy (non-hydrogen) atoms. The van der Waals surface area contributed by atoms with Crippen molar-refractivity contribution in [1.29, 1.82) is 0 Å². The van der Waals surface area contributed by atoms with Gasteiger partial charge in [0, 0.05) is 37.5 Å². The topological polar surface area (TPSA) is 105 Å². The summed E-state index contributed by atoms with van der Waals surface area (Å²) < 4.78 is 16.8. The molecule has 8 nitrogen and oxygen atoms in total. The molecule has 3 aromatic rings. The van der Waals surface area contributed by atoms with Gasteiger partial charge in [0.05, 0.1) is 34.4 Å². The second-order valence-corrected chi connectivity index (χ2v) is 10.5. The van der Waals surface area contributed by atoms with Crippen LogP contribution in [0.4, 0.5) is 10.1 Å². The average molecular weight is 502 g/mol. The van der Waals surface area contributed by atoms with E-state index in [9.17, 15) is 19.4 Å². The van der Waals surface area contributed by atoms with Gasteiger partial charge >= 0.3 is 0 Å². The largest absolute Gasteiger partial charge is 0.387 e. The van der Waals surface area contributed by atoms with Gasteiger partial charge in [-0.05, 0) is 62.6 Å². The third-order valence-corrected chi connectivity index (χ3v) is 7.83. The average Bonchev–Trinajstić information content (AvgIpc) is 3.52. The van der Waals surface area contributed by atoms with Crippen molar-refractivity contribution < 1.29 is 19.4 Å². The molecule has 3 atom stereocenters. The van der Waals surface area contributed by atoms with E-state index in [1.165, 1.54) is 18.2 Å². The van der Waals surface area contributed by atoms with Gasteiger partial charge < -0.3 is 20.1 Å². The number of anilines is 1. The number of hydrogen-bond donors (Lipinski definition) is 3. The number of nitrogens with one attached hydrogen (secondary N) is 1. The van der Waals surface area contributed by atoms with E-state index in [-0.39, 0.29) is 28.7 Å². The minimum Gasteiger partial charge on any atom is -0.387 e. The lowest BCUT2D eigenvalue weighted by molar-refractivity contribution is 0.0310. The molecule has 2 heterocycles. The zero-order valence-corrected chi connectivity index (χ0v) is 20.6. The third kappa shape index (κ3) is 4.26. The molecular weight excluding hydrogens is 473 g/mol. The molecule has 0 bridgehead atoms. The van der Waals surface area contributed by atoms with Gasteiger partial charge in [-0.1, -0.05) is 11.6 Å². The van der Waals surface area contributed by atoms with Crippen LogP contribution in [0.15, 0.2) is 30.7 Å². The molecule has 0 saturated heterocycles. The molecule has 3 N–H and O–H groups in total. The Kier molecular flexibility index (Phi) is 5.97. The monoisotopic (exact) mass is 501 g/mol. The van der Waals surface area contributed by atoms with Gasteiger partial charge in [0.1, 0.15) is 11.5 Å². The van der Waals surface area contributed by atoms with Crippen molar-refractivity contribution in [3.8, 4) is 0 Å². The van der Waals surface area contributed by atoms with Crippen molar-refractivity contribution in [2.75, 3.05) is 5.32 Å². The standard InChI is InChI=1S/C25H29ClFN5O3/c1-13(33)21-18(11-32(3)30-21)25(35)9-15-6-14(7-16(15)10-25)22-23(31(2)12-28-22)24(34)29-17-4-5-20(27)19(26)8-17/h4-5,8,11-16,33,35H,6-7,9-10H2,1-3H3,(H,29,34). The van der Waals surface area contributed by atoms with Crippen LogP contribution in [0, 0.1) is 17.7 Å². The predicted octanol–water partition coefficient (Wildman–Crippen LogP) is 4.04.